The highest BCUT2D eigenvalue weighted by Crippen LogP contribution is 2.07. The summed E-state index contributed by atoms with van der Waals surface area (Å²) >= 11 is 0. The van der Waals surface area contributed by atoms with Crippen LogP contribution in [0.3, 0.4) is 0 Å². The van der Waals surface area contributed by atoms with Crippen LogP contribution in [0.5, 0.6) is 0 Å². The molecule has 1 atom stereocenters. The Morgan fingerprint density at radius 3 is 2.56 bits per heavy atom. The fourth-order valence-corrected chi connectivity index (χ4v) is 2.23. The summed E-state index contributed by atoms with van der Waals surface area (Å²) in [6.45, 7) is 8.22. The van der Waals surface area contributed by atoms with E-state index >= 15 is 0 Å². The van der Waals surface area contributed by atoms with Gasteiger partial charge in [0.05, 0.1) is 0 Å². The van der Waals surface area contributed by atoms with Gasteiger partial charge in [0, 0.05) is 12.7 Å². The molecule has 0 aliphatic rings. The maximum absolute atomic E-state index is 11.6. The molecule has 1 N–H and O–H groups in total. The van der Waals surface area contributed by atoms with Crippen LogP contribution in [0.15, 0.2) is 30.3 Å². The van der Waals surface area contributed by atoms with E-state index in [1.165, 1.54) is 5.56 Å². The van der Waals surface area contributed by atoms with Crippen molar-refractivity contribution in [2.75, 3.05) is 6.61 Å². The predicted molar refractivity (Wildman–Crippen MR) is 101 cm³/mol. The van der Waals surface area contributed by atoms with Crippen molar-refractivity contribution in [1.82, 2.24) is 5.32 Å². The van der Waals surface area contributed by atoms with Crippen LogP contribution in [0, 0.1) is 12.0 Å². The molecular formula is C21H31NO3. The summed E-state index contributed by atoms with van der Waals surface area (Å²) < 4.78 is 11.0. The Hall–Kier alpha value is -1.99. The van der Waals surface area contributed by atoms with Crippen molar-refractivity contribution < 1.29 is 14.3 Å². The van der Waals surface area contributed by atoms with Crippen LogP contribution in [0.4, 0.5) is 4.79 Å². The number of nitrogens with one attached hydrogen (secondary N) is 1. The molecule has 0 spiro atoms. The van der Waals surface area contributed by atoms with Crippen molar-refractivity contribution in [3.05, 3.63) is 35.9 Å². The summed E-state index contributed by atoms with van der Waals surface area (Å²) in [4.78, 5) is 11.6. The molecule has 0 saturated carbocycles. The highest BCUT2D eigenvalue weighted by atomic mass is 16.6. The Labute approximate surface area is 152 Å². The van der Waals surface area contributed by atoms with Gasteiger partial charge < -0.3 is 9.47 Å². The van der Waals surface area contributed by atoms with Gasteiger partial charge in [0.25, 0.3) is 0 Å². The number of amides is 1. The third-order valence-electron chi connectivity index (χ3n) is 3.37. The first-order valence-corrected chi connectivity index (χ1v) is 9.06. The second kappa shape index (κ2) is 11.5. The van der Waals surface area contributed by atoms with Gasteiger partial charge in [-0.2, -0.15) is 0 Å². The molecule has 0 bridgehead atoms. The molecule has 1 aromatic carbocycles. The quantitative estimate of drug-likeness (QED) is 0.423. The predicted octanol–water partition coefficient (Wildman–Crippen LogP) is 4.68. The zero-order valence-corrected chi connectivity index (χ0v) is 15.9. The summed E-state index contributed by atoms with van der Waals surface area (Å²) in [5.74, 6) is 2.96. The number of benzene rings is 1. The number of aryl methyl sites for hydroxylation is 1. The molecule has 4 nitrogen and oxygen atoms in total. The van der Waals surface area contributed by atoms with Gasteiger partial charge in [0.2, 0.25) is 0 Å². The lowest BCUT2D eigenvalue weighted by Crippen LogP contribution is -2.30. The average molecular weight is 345 g/mol. The number of hydrogen-bond donors (Lipinski definition) is 1. The van der Waals surface area contributed by atoms with E-state index in [1.54, 1.807) is 0 Å². The summed E-state index contributed by atoms with van der Waals surface area (Å²) in [7, 11) is 0. The molecule has 1 aromatic rings. The molecule has 0 aliphatic heterocycles. The average Bonchev–Trinajstić information content (AvgIpc) is 2.53. The van der Waals surface area contributed by atoms with Gasteiger partial charge in [-0.25, -0.2) is 10.1 Å². The zero-order chi connectivity index (χ0) is 18.5. The number of ether oxygens (including phenoxy) is 2. The fraction of sp³-hybridized carbons (Fsp3) is 0.571. The molecule has 4 heteroatoms. The van der Waals surface area contributed by atoms with Crippen LogP contribution in [0.1, 0.15) is 58.9 Å². The molecule has 0 radical (unpaired) electrons. The number of hydrogen-bond acceptors (Lipinski definition) is 3. The van der Waals surface area contributed by atoms with Gasteiger partial charge in [-0.1, -0.05) is 43.7 Å². The Morgan fingerprint density at radius 1 is 1.20 bits per heavy atom. The van der Waals surface area contributed by atoms with Crippen LogP contribution < -0.4 is 5.32 Å². The lowest BCUT2D eigenvalue weighted by atomic mass is 10.1. The van der Waals surface area contributed by atoms with E-state index in [0.29, 0.717) is 6.61 Å². The van der Waals surface area contributed by atoms with Crippen molar-refractivity contribution in [3.63, 3.8) is 0 Å². The third kappa shape index (κ3) is 11.2. The van der Waals surface area contributed by atoms with Crippen LogP contribution in [0.25, 0.3) is 0 Å². The second-order valence-electron chi connectivity index (χ2n) is 6.99. The first kappa shape index (κ1) is 21.1. The van der Waals surface area contributed by atoms with Crippen LogP contribution in [0.2, 0.25) is 0 Å². The first-order valence-electron chi connectivity index (χ1n) is 9.06. The smallest absolute Gasteiger partial charge is 0.419 e. The summed E-state index contributed by atoms with van der Waals surface area (Å²) in [5, 5.41) is 2.45. The van der Waals surface area contributed by atoms with E-state index in [4.69, 9.17) is 9.47 Å². The fourth-order valence-electron chi connectivity index (χ4n) is 2.23. The molecule has 25 heavy (non-hydrogen) atoms. The van der Waals surface area contributed by atoms with E-state index in [9.17, 15) is 4.79 Å². The van der Waals surface area contributed by atoms with E-state index < -0.39 is 11.7 Å². The Morgan fingerprint density at radius 2 is 1.92 bits per heavy atom. The molecule has 0 saturated heterocycles. The van der Waals surface area contributed by atoms with Gasteiger partial charge in [-0.15, -0.1) is 0 Å². The SMILES string of the molecule is CCCC(C#CNC(=O)OC(C)(C)C)OCCCCc1ccccc1. The van der Waals surface area contributed by atoms with Crippen LogP contribution in [-0.2, 0) is 15.9 Å². The highest BCUT2D eigenvalue weighted by molar-refractivity contribution is 5.69. The second-order valence-corrected chi connectivity index (χ2v) is 6.99. The molecule has 1 amide bonds. The topological polar surface area (TPSA) is 47.6 Å². The number of unbranched alkanes of at least 4 members (excludes halogenated alkanes) is 1. The molecule has 0 fully saturated rings. The maximum atomic E-state index is 11.6. The number of carbonyl (C=O) groups is 1. The summed E-state index contributed by atoms with van der Waals surface area (Å²) in [5.41, 5.74) is 0.832. The normalized spacial score (nSPS) is 12.0. The van der Waals surface area contributed by atoms with E-state index in [2.05, 4.69) is 48.5 Å². The minimum Gasteiger partial charge on any atom is -0.443 e. The lowest BCUT2D eigenvalue weighted by Gasteiger charge is -2.18. The monoisotopic (exact) mass is 345 g/mol. The van der Waals surface area contributed by atoms with Gasteiger partial charge >= 0.3 is 6.09 Å². The van der Waals surface area contributed by atoms with E-state index in [1.807, 2.05) is 26.8 Å². The molecule has 0 aromatic heterocycles. The largest absolute Gasteiger partial charge is 0.443 e. The van der Waals surface area contributed by atoms with Crippen molar-refractivity contribution in [2.45, 2.75) is 71.5 Å². The number of carbonyl (C=O) groups excluding carboxylic acids is 1. The molecular weight excluding hydrogens is 314 g/mol. The van der Waals surface area contributed by atoms with Crippen LogP contribution in [-0.4, -0.2) is 24.4 Å². The molecule has 1 unspecified atom stereocenters. The van der Waals surface area contributed by atoms with Crippen LogP contribution >= 0.6 is 0 Å². The molecule has 138 valence electrons. The zero-order valence-electron chi connectivity index (χ0n) is 15.9. The minimum atomic E-state index is -0.530. The molecule has 0 aliphatic carbocycles. The maximum Gasteiger partial charge on any atom is 0.419 e. The Bertz CT molecular complexity index is 552. The standard InChI is InChI=1S/C21H31NO3/c1-5-11-19(15-16-22-20(23)25-21(2,3)4)24-17-10-9-14-18-12-7-6-8-13-18/h6-8,12-13,19H,5,9-11,14,17H2,1-4H3,(H,22,23). The van der Waals surface area contributed by atoms with Gasteiger partial charge in [0.1, 0.15) is 11.7 Å². The van der Waals surface area contributed by atoms with Gasteiger partial charge in [-0.3, -0.25) is 0 Å². The molecule has 1 rings (SSSR count). The Kier molecular flexibility index (Phi) is 9.72. The summed E-state index contributed by atoms with van der Waals surface area (Å²) in [6.07, 6.45) is 4.30. The van der Waals surface area contributed by atoms with Gasteiger partial charge in [0.15, 0.2) is 0 Å². The summed E-state index contributed by atoms with van der Waals surface area (Å²) in [6, 6.07) is 13.1. The van der Waals surface area contributed by atoms with Crippen molar-refractivity contribution in [1.29, 1.82) is 0 Å². The highest BCUT2D eigenvalue weighted by Gasteiger charge is 2.15. The number of rotatable bonds is 8. The van der Waals surface area contributed by atoms with E-state index in [-0.39, 0.29) is 6.10 Å². The van der Waals surface area contributed by atoms with Crippen molar-refractivity contribution in [3.8, 4) is 12.0 Å². The first-order chi connectivity index (χ1) is 11.9. The van der Waals surface area contributed by atoms with Crippen molar-refractivity contribution in [2.24, 2.45) is 0 Å². The van der Waals surface area contributed by atoms with Crippen molar-refractivity contribution >= 4 is 6.09 Å². The minimum absolute atomic E-state index is 0.156. The molecule has 0 heterocycles. The number of alkyl carbamates (subject to hydrolysis) is 1. The Balaban J connectivity index is 2.27. The van der Waals surface area contributed by atoms with Gasteiger partial charge in [-0.05, 0) is 57.9 Å². The third-order valence-corrected chi connectivity index (χ3v) is 3.37. The lowest BCUT2D eigenvalue weighted by molar-refractivity contribution is 0.0556. The van der Waals surface area contributed by atoms with E-state index in [0.717, 1.165) is 32.1 Å².